The van der Waals surface area contributed by atoms with Crippen LogP contribution in [0, 0.1) is 79.8 Å². The highest BCUT2D eigenvalue weighted by Gasteiger charge is 2.39. The van der Waals surface area contributed by atoms with Crippen molar-refractivity contribution in [2.45, 2.75) is 162 Å². The standard InChI is InChI=1S/C98H112B2N8O2/c1-67(57-95(5,6)7)51-53-73(69(3)59-97(11,12)13)65-109-79-45-33-35-71(55-79)91-89-90(94(82(62-102)88-64-104-84-48-30-32-50-86(84)106-88)107(91)99(75-37-21-17-22-38-75)76-39-23-18-24-40-76)92(72-36-34-46-80(56-72)110-66-74(70(4)60-98(14,15)16)54-52-68(2)58-96(8,9)10)108(100(77-41-25-19-26-42-77)78-43-27-20-28-44-78)93(89)81(61-101)87-63-103-83-47-29-31-49-85(83)105-87/h17-50,55-56,63-64,67-70,73-74H,51-54,57-60,65-66H2,1-16H3/b93-81-,94-82-. The van der Waals surface area contributed by atoms with Gasteiger partial charge in [0.1, 0.15) is 46.2 Å². The Labute approximate surface area is 656 Å². The third kappa shape index (κ3) is 19.3. The summed E-state index contributed by atoms with van der Waals surface area (Å²) in [5.74, 6) is 3.82. The zero-order valence-corrected chi connectivity index (χ0v) is 68.0. The molecule has 0 aliphatic rings. The van der Waals surface area contributed by atoms with Gasteiger partial charge in [-0.25, -0.2) is 9.97 Å². The number of benzene rings is 8. The van der Waals surface area contributed by atoms with Gasteiger partial charge in [0.05, 0.1) is 58.4 Å². The van der Waals surface area contributed by atoms with E-state index in [0.29, 0.717) is 103 Å². The Kier molecular flexibility index (Phi) is 24.7. The molecule has 562 valence electrons. The topological polar surface area (TPSA) is 127 Å². The normalized spacial score (nSPS) is 14.4. The Bertz CT molecular complexity index is 4930. The zero-order chi connectivity index (χ0) is 78.1. The first-order valence-electron chi connectivity index (χ1n) is 40.1. The van der Waals surface area contributed by atoms with E-state index >= 15 is 0 Å². The van der Waals surface area contributed by atoms with Crippen molar-refractivity contribution in [1.29, 1.82) is 10.5 Å². The Morgan fingerprint density at radius 1 is 0.382 bits per heavy atom. The number of para-hydroxylation sites is 4. The highest BCUT2D eigenvalue weighted by molar-refractivity contribution is 6.85. The highest BCUT2D eigenvalue weighted by Crippen LogP contribution is 2.41. The van der Waals surface area contributed by atoms with Gasteiger partial charge in [0, 0.05) is 33.3 Å². The van der Waals surface area contributed by atoms with Gasteiger partial charge in [0.15, 0.2) is 0 Å². The van der Waals surface area contributed by atoms with E-state index < -0.39 is 13.7 Å². The van der Waals surface area contributed by atoms with Crippen molar-refractivity contribution in [2.75, 3.05) is 13.2 Å². The molecule has 0 saturated heterocycles. The Hall–Kier alpha value is -10.3. The van der Waals surface area contributed by atoms with E-state index in [9.17, 15) is 10.5 Å². The maximum atomic E-state index is 12.9. The summed E-state index contributed by atoms with van der Waals surface area (Å²) < 4.78 is 19.5. The Balaban J connectivity index is 1.27. The van der Waals surface area contributed by atoms with Gasteiger partial charge in [-0.05, 0) is 144 Å². The molecule has 0 saturated carbocycles. The van der Waals surface area contributed by atoms with Gasteiger partial charge in [0.2, 0.25) is 0 Å². The molecule has 12 heteroatoms. The van der Waals surface area contributed by atoms with Crippen LogP contribution in [0.1, 0.15) is 174 Å². The molecule has 0 aliphatic carbocycles. The largest absolute Gasteiger partial charge is 0.493 e. The van der Waals surface area contributed by atoms with Gasteiger partial charge in [-0.1, -0.05) is 315 Å². The fourth-order valence-corrected chi connectivity index (χ4v) is 17.6. The van der Waals surface area contributed by atoms with E-state index in [0.717, 1.165) is 95.7 Å². The average molecular weight is 1460 g/mol. The summed E-state index contributed by atoms with van der Waals surface area (Å²) >= 11 is 0. The number of nitriles is 2. The molecule has 0 N–H and O–H groups in total. The molecule has 4 aromatic heterocycles. The quantitative estimate of drug-likeness (QED) is 0.0444. The second-order valence-electron chi connectivity index (χ2n) is 36.4. The lowest BCUT2D eigenvalue weighted by Gasteiger charge is -2.31. The molecule has 10 nitrogen and oxygen atoms in total. The first kappa shape index (κ1) is 79.3. The fourth-order valence-electron chi connectivity index (χ4n) is 17.6. The summed E-state index contributed by atoms with van der Waals surface area (Å²) in [6.07, 6.45) is 12.2. The number of rotatable bonds is 28. The van der Waals surface area contributed by atoms with Crippen LogP contribution in [0.2, 0.25) is 0 Å². The van der Waals surface area contributed by atoms with Crippen LogP contribution in [0.15, 0.2) is 231 Å². The van der Waals surface area contributed by atoms with Crippen molar-refractivity contribution >= 4 is 79.5 Å². The lowest BCUT2D eigenvalue weighted by atomic mass is 9.50. The highest BCUT2D eigenvalue weighted by atomic mass is 16.5. The lowest BCUT2D eigenvalue weighted by molar-refractivity contribution is 0.147. The molecule has 110 heavy (non-hydrogen) atoms. The molecule has 0 fully saturated rings. The summed E-state index contributed by atoms with van der Waals surface area (Å²) in [7, 11) is 0. The summed E-state index contributed by atoms with van der Waals surface area (Å²) in [4.78, 5) is 21.1. The molecular weight excluding hydrogens is 1340 g/mol. The van der Waals surface area contributed by atoms with Gasteiger partial charge < -0.3 is 18.4 Å². The number of fused-ring (bicyclic) bond motifs is 3. The van der Waals surface area contributed by atoms with Crippen LogP contribution in [0.25, 0.3) is 66.5 Å². The SMILES string of the molecule is CC(CCC(COc1cccc(-c2c3/c(=C(\C#N)c4cnc5ccccc5n4)n(B(c4ccccc4)c4ccccc4)c(-c4cccc(OCC(CCC(C)CC(C)(C)C)C(C)CC(C)(C)C)c4)c3/c(=C(\C#N)c3cnc4ccccc4n3)n2B(c2ccccc2)c2ccccc2)c1)C(C)CC(C)(C)C)CC(C)(C)C. The van der Waals surface area contributed by atoms with Gasteiger partial charge in [-0.3, -0.25) is 9.97 Å². The number of aromatic nitrogens is 6. The van der Waals surface area contributed by atoms with Crippen molar-refractivity contribution in [3.05, 3.63) is 253 Å². The number of ether oxygens (including phenoxy) is 2. The van der Waals surface area contributed by atoms with Crippen LogP contribution < -0.4 is 42.0 Å². The third-order valence-electron chi connectivity index (χ3n) is 21.8. The van der Waals surface area contributed by atoms with E-state index in [1.165, 1.54) is 0 Å². The lowest BCUT2D eigenvalue weighted by Crippen LogP contribution is -2.54. The van der Waals surface area contributed by atoms with Crippen LogP contribution >= 0.6 is 0 Å². The second kappa shape index (κ2) is 34.3. The predicted molar refractivity (Wildman–Crippen MR) is 461 cm³/mol. The molecule has 4 heterocycles. The average Bonchev–Trinajstić information content (AvgIpc) is 1.52. The van der Waals surface area contributed by atoms with Crippen LogP contribution in [0.3, 0.4) is 0 Å². The van der Waals surface area contributed by atoms with Crippen molar-refractivity contribution in [3.8, 4) is 46.2 Å². The maximum absolute atomic E-state index is 12.9. The van der Waals surface area contributed by atoms with Gasteiger partial charge in [-0.15, -0.1) is 0 Å². The molecule has 0 amide bonds. The minimum atomic E-state index is -0.624. The van der Waals surface area contributed by atoms with Crippen LogP contribution in [0.5, 0.6) is 11.5 Å². The van der Waals surface area contributed by atoms with Crippen molar-refractivity contribution in [2.24, 2.45) is 57.2 Å². The molecule has 0 aliphatic heterocycles. The Morgan fingerprint density at radius 2 is 0.691 bits per heavy atom. The van der Waals surface area contributed by atoms with Crippen molar-refractivity contribution in [3.63, 3.8) is 0 Å². The Morgan fingerprint density at radius 3 is 1.00 bits per heavy atom. The van der Waals surface area contributed by atoms with E-state index in [1.54, 1.807) is 12.4 Å². The van der Waals surface area contributed by atoms with E-state index in [2.05, 4.69) is 302 Å². The van der Waals surface area contributed by atoms with Crippen LogP contribution in [-0.4, -0.2) is 55.8 Å². The van der Waals surface area contributed by atoms with E-state index in [1.807, 2.05) is 48.5 Å². The summed E-state index contributed by atoms with van der Waals surface area (Å²) in [6, 6.07) is 81.0. The minimum absolute atomic E-state index is 0.117. The molecule has 6 atom stereocenters. The molecule has 12 aromatic rings. The summed E-state index contributed by atoms with van der Waals surface area (Å²) in [6.45, 7) is 37.6. The molecular formula is C98H112B2N8O2. The first-order valence-corrected chi connectivity index (χ1v) is 40.1. The fraction of sp³-hybridized carbons (Fsp3) is 0.367. The molecule has 0 radical (unpaired) electrons. The molecule has 8 aromatic carbocycles. The summed E-state index contributed by atoms with van der Waals surface area (Å²) in [5.41, 5.74) is 11.7. The molecule has 0 bridgehead atoms. The van der Waals surface area contributed by atoms with Crippen LogP contribution in [-0.2, 0) is 0 Å². The second-order valence-corrected chi connectivity index (χ2v) is 36.4. The minimum Gasteiger partial charge on any atom is -0.493 e. The van der Waals surface area contributed by atoms with E-state index in [-0.39, 0.29) is 44.6 Å². The maximum Gasteiger partial charge on any atom is 0.328 e. The monoisotopic (exact) mass is 1450 g/mol. The van der Waals surface area contributed by atoms with Crippen molar-refractivity contribution in [1.82, 2.24) is 28.9 Å². The predicted octanol–water partition coefficient (Wildman–Crippen LogP) is 20.3. The van der Waals surface area contributed by atoms with Crippen molar-refractivity contribution < 1.29 is 9.47 Å². The van der Waals surface area contributed by atoms with E-state index in [4.69, 9.17) is 29.4 Å². The van der Waals surface area contributed by atoms with Crippen LogP contribution in [0.4, 0.5) is 0 Å². The molecule has 12 rings (SSSR count). The van der Waals surface area contributed by atoms with Gasteiger partial charge in [0.25, 0.3) is 0 Å². The zero-order valence-electron chi connectivity index (χ0n) is 68.0. The van der Waals surface area contributed by atoms with Gasteiger partial charge in [-0.2, -0.15) is 10.5 Å². The first-order chi connectivity index (χ1) is 52.6. The number of hydrogen-bond acceptors (Lipinski definition) is 8. The molecule has 6 unspecified atom stereocenters. The van der Waals surface area contributed by atoms with Gasteiger partial charge >= 0.3 is 13.7 Å². The third-order valence-corrected chi connectivity index (χ3v) is 21.8. The molecule has 0 spiro atoms. The number of nitrogens with zero attached hydrogens (tertiary/aromatic N) is 8. The summed E-state index contributed by atoms with van der Waals surface area (Å²) in [5, 5.41) is 28.3. The number of hydrogen-bond donors (Lipinski definition) is 0. The smallest absolute Gasteiger partial charge is 0.328 e.